The van der Waals surface area contributed by atoms with Crippen LogP contribution in [0.3, 0.4) is 0 Å². The Morgan fingerprint density at radius 1 is 1.29 bits per heavy atom. The second kappa shape index (κ2) is 8.62. The fourth-order valence-corrected chi connectivity index (χ4v) is 4.89. The first kappa shape index (κ1) is 22.7. The maximum atomic E-state index is 14.3. The second-order valence-electron chi connectivity index (χ2n) is 9.29. The number of carbonyl (C=O) groups excluding carboxylic acids is 2. The lowest BCUT2D eigenvalue weighted by molar-refractivity contribution is -0.123. The molecule has 0 spiro atoms. The summed E-state index contributed by atoms with van der Waals surface area (Å²) in [5.74, 6) is -0.907. The number of halogens is 1. The van der Waals surface area contributed by atoms with Gasteiger partial charge in [-0.2, -0.15) is 10.4 Å². The standard InChI is InChI=1S/C26H25FN6O2/c1-16-9-21(33-8-6-26(15-28,25(33)35)19-3-4-19)13-22(31-16)24(34)29-14-17-10-18(12-20(27)11-17)23-5-7-30-32(23)2/h5,7,9-13,19H,3-4,6,8,14H2,1-2H3,(H,29,34)/t26-/m1/s1. The van der Waals surface area contributed by atoms with Crippen LogP contribution in [0.5, 0.6) is 0 Å². The Morgan fingerprint density at radius 3 is 2.77 bits per heavy atom. The van der Waals surface area contributed by atoms with E-state index in [0.717, 1.165) is 18.5 Å². The topological polar surface area (TPSA) is 104 Å². The third kappa shape index (κ3) is 4.16. The third-order valence-electron chi connectivity index (χ3n) is 6.84. The number of aryl methyl sites for hydroxylation is 2. The molecule has 0 bridgehead atoms. The molecule has 35 heavy (non-hydrogen) atoms. The molecule has 1 aromatic carbocycles. The lowest BCUT2D eigenvalue weighted by Crippen LogP contribution is -2.35. The predicted octanol–water partition coefficient (Wildman–Crippen LogP) is 3.52. The fraction of sp³-hybridized carbons (Fsp3) is 0.346. The summed E-state index contributed by atoms with van der Waals surface area (Å²) in [6.45, 7) is 2.30. The van der Waals surface area contributed by atoms with Crippen molar-refractivity contribution in [3.05, 3.63) is 65.4 Å². The van der Waals surface area contributed by atoms with Gasteiger partial charge in [-0.1, -0.05) is 0 Å². The molecule has 2 aromatic heterocycles. The first-order valence-corrected chi connectivity index (χ1v) is 11.6. The maximum Gasteiger partial charge on any atom is 0.270 e. The van der Waals surface area contributed by atoms with Gasteiger partial charge in [0.15, 0.2) is 0 Å². The lowest BCUT2D eigenvalue weighted by Gasteiger charge is -2.21. The van der Waals surface area contributed by atoms with Crippen LogP contribution in [-0.4, -0.2) is 33.1 Å². The van der Waals surface area contributed by atoms with Gasteiger partial charge < -0.3 is 10.2 Å². The van der Waals surface area contributed by atoms with Gasteiger partial charge in [-0.25, -0.2) is 9.37 Å². The van der Waals surface area contributed by atoms with Crippen molar-refractivity contribution in [1.82, 2.24) is 20.1 Å². The molecule has 1 atom stereocenters. The molecule has 2 aliphatic rings. The highest BCUT2D eigenvalue weighted by molar-refractivity contribution is 6.03. The van der Waals surface area contributed by atoms with Crippen molar-refractivity contribution < 1.29 is 14.0 Å². The van der Waals surface area contributed by atoms with Crippen molar-refractivity contribution in [3.63, 3.8) is 0 Å². The molecule has 1 saturated carbocycles. The van der Waals surface area contributed by atoms with Crippen molar-refractivity contribution >= 4 is 17.5 Å². The minimum absolute atomic E-state index is 0.105. The average Bonchev–Trinajstić information content (AvgIpc) is 3.51. The molecular weight excluding hydrogens is 447 g/mol. The first-order chi connectivity index (χ1) is 16.8. The molecule has 2 amide bonds. The summed E-state index contributed by atoms with van der Waals surface area (Å²) >= 11 is 0. The highest BCUT2D eigenvalue weighted by Gasteiger charge is 2.56. The Hall–Kier alpha value is -4.06. The van der Waals surface area contributed by atoms with E-state index in [1.807, 2.05) is 0 Å². The molecule has 3 heterocycles. The van der Waals surface area contributed by atoms with Gasteiger partial charge in [0.05, 0.1) is 11.8 Å². The van der Waals surface area contributed by atoms with Crippen LogP contribution in [0.2, 0.25) is 0 Å². The normalized spacial score (nSPS) is 19.6. The zero-order valence-corrected chi connectivity index (χ0v) is 19.6. The summed E-state index contributed by atoms with van der Waals surface area (Å²) in [7, 11) is 1.78. The monoisotopic (exact) mass is 472 g/mol. The Labute approximate surface area is 202 Å². The van der Waals surface area contributed by atoms with E-state index < -0.39 is 17.1 Å². The molecule has 0 unspecified atom stereocenters. The van der Waals surface area contributed by atoms with E-state index >= 15 is 0 Å². The molecule has 1 saturated heterocycles. The summed E-state index contributed by atoms with van der Waals surface area (Å²) in [6.07, 6.45) is 3.94. The third-order valence-corrected chi connectivity index (χ3v) is 6.84. The van der Waals surface area contributed by atoms with Crippen LogP contribution < -0.4 is 10.2 Å². The molecule has 8 nitrogen and oxygen atoms in total. The minimum atomic E-state index is -0.956. The van der Waals surface area contributed by atoms with Crippen LogP contribution in [0.4, 0.5) is 10.1 Å². The number of nitrogens with zero attached hydrogens (tertiary/aromatic N) is 5. The highest BCUT2D eigenvalue weighted by atomic mass is 19.1. The van der Waals surface area contributed by atoms with E-state index in [9.17, 15) is 19.2 Å². The number of rotatable bonds is 6. The molecule has 1 aliphatic carbocycles. The average molecular weight is 473 g/mol. The Morgan fingerprint density at radius 2 is 2.09 bits per heavy atom. The lowest BCUT2D eigenvalue weighted by atomic mass is 9.83. The van der Waals surface area contributed by atoms with E-state index in [1.54, 1.807) is 54.0 Å². The molecule has 3 aromatic rings. The fourth-order valence-electron chi connectivity index (χ4n) is 4.89. The van der Waals surface area contributed by atoms with Gasteiger partial charge >= 0.3 is 0 Å². The largest absolute Gasteiger partial charge is 0.347 e. The predicted molar refractivity (Wildman–Crippen MR) is 126 cm³/mol. The Kier molecular flexibility index (Phi) is 5.59. The zero-order chi connectivity index (χ0) is 24.7. The van der Waals surface area contributed by atoms with Crippen LogP contribution in [0.15, 0.2) is 42.6 Å². The minimum Gasteiger partial charge on any atom is -0.347 e. The summed E-state index contributed by atoms with van der Waals surface area (Å²) in [6, 6.07) is 12.0. The summed E-state index contributed by atoms with van der Waals surface area (Å²) < 4.78 is 15.9. The van der Waals surface area contributed by atoms with E-state index in [-0.39, 0.29) is 24.1 Å². The maximum absolute atomic E-state index is 14.3. The molecule has 1 aliphatic heterocycles. The second-order valence-corrected chi connectivity index (χ2v) is 9.29. The van der Waals surface area contributed by atoms with E-state index in [0.29, 0.717) is 35.5 Å². The van der Waals surface area contributed by atoms with Crippen molar-refractivity contribution in [2.24, 2.45) is 18.4 Å². The number of aromatic nitrogens is 3. The number of hydrogen-bond donors (Lipinski definition) is 1. The molecular formula is C26H25FN6O2. The van der Waals surface area contributed by atoms with Crippen molar-refractivity contribution in [1.29, 1.82) is 5.26 Å². The van der Waals surface area contributed by atoms with Crippen LogP contribution in [0.1, 0.15) is 41.0 Å². The number of hydrogen-bond acceptors (Lipinski definition) is 5. The van der Waals surface area contributed by atoms with Crippen LogP contribution >= 0.6 is 0 Å². The van der Waals surface area contributed by atoms with E-state index in [4.69, 9.17) is 0 Å². The number of amides is 2. The number of nitriles is 1. The van der Waals surface area contributed by atoms with Crippen molar-refractivity contribution in [2.75, 3.05) is 11.4 Å². The van der Waals surface area contributed by atoms with Crippen LogP contribution in [0, 0.1) is 35.4 Å². The van der Waals surface area contributed by atoms with Crippen LogP contribution in [0.25, 0.3) is 11.3 Å². The quantitative estimate of drug-likeness (QED) is 0.591. The number of benzene rings is 1. The van der Waals surface area contributed by atoms with Gasteiger partial charge in [-0.3, -0.25) is 14.3 Å². The van der Waals surface area contributed by atoms with Gasteiger partial charge in [-0.15, -0.1) is 0 Å². The summed E-state index contributed by atoms with van der Waals surface area (Å²) in [4.78, 5) is 32.0. The van der Waals surface area contributed by atoms with Crippen molar-refractivity contribution in [2.45, 2.75) is 32.7 Å². The number of pyridine rings is 1. The number of carbonyl (C=O) groups is 2. The van der Waals surface area contributed by atoms with Crippen LogP contribution in [-0.2, 0) is 18.4 Å². The number of anilines is 1. The van der Waals surface area contributed by atoms with Crippen molar-refractivity contribution in [3.8, 4) is 17.3 Å². The van der Waals surface area contributed by atoms with Gasteiger partial charge in [0.25, 0.3) is 5.91 Å². The molecule has 9 heteroatoms. The Bertz CT molecular complexity index is 1370. The van der Waals surface area contributed by atoms with Gasteiger partial charge in [0, 0.05) is 43.3 Å². The Balaban J connectivity index is 1.33. The highest BCUT2D eigenvalue weighted by Crippen LogP contribution is 2.51. The van der Waals surface area contributed by atoms with E-state index in [1.165, 1.54) is 12.1 Å². The molecule has 0 radical (unpaired) electrons. The zero-order valence-electron chi connectivity index (χ0n) is 19.6. The van der Waals surface area contributed by atoms with E-state index in [2.05, 4.69) is 21.5 Å². The molecule has 2 fully saturated rings. The molecule has 5 rings (SSSR count). The molecule has 178 valence electrons. The first-order valence-electron chi connectivity index (χ1n) is 11.6. The van der Waals surface area contributed by atoms with Gasteiger partial charge in [0.1, 0.15) is 16.9 Å². The SMILES string of the molecule is Cc1cc(N2CC[C@@](C#N)(C3CC3)C2=O)cc(C(=O)NCc2cc(F)cc(-c3ccnn3C)c2)n1. The molecule has 1 N–H and O–H groups in total. The number of nitrogens with one attached hydrogen (secondary N) is 1. The summed E-state index contributed by atoms with van der Waals surface area (Å²) in [5, 5.41) is 16.7. The smallest absolute Gasteiger partial charge is 0.270 e. The van der Waals surface area contributed by atoms with Gasteiger partial charge in [0.2, 0.25) is 5.91 Å². The summed E-state index contributed by atoms with van der Waals surface area (Å²) in [5.41, 5.74) is 2.38. The van der Waals surface area contributed by atoms with Gasteiger partial charge in [-0.05, 0) is 74.1 Å².